The molecule has 1 aromatic carbocycles. The van der Waals surface area contributed by atoms with Crippen LogP contribution in [0.5, 0.6) is 0 Å². The maximum atomic E-state index is 11.2. The Morgan fingerprint density at radius 3 is 2.40 bits per heavy atom. The molecule has 0 aliphatic carbocycles. The first kappa shape index (κ1) is 12.0. The topological polar surface area (TPSA) is 46.5 Å². The Labute approximate surface area is 94.8 Å². The molecule has 0 aliphatic rings. The van der Waals surface area contributed by atoms with Crippen molar-refractivity contribution in [2.24, 2.45) is 4.99 Å². The number of benzene rings is 1. The second-order valence-corrected chi connectivity index (χ2v) is 5.33. The van der Waals surface area contributed by atoms with Gasteiger partial charge in [0.2, 0.25) is 0 Å². The molecule has 5 heteroatoms. The number of rotatable bonds is 4. The van der Waals surface area contributed by atoms with Gasteiger partial charge >= 0.3 is 0 Å². The number of aliphatic imine (C=N–C) groups is 1. The summed E-state index contributed by atoms with van der Waals surface area (Å²) in [5.74, 6) is 0. The lowest BCUT2D eigenvalue weighted by molar-refractivity contribution is 0.602. The van der Waals surface area contributed by atoms with Crippen molar-refractivity contribution in [1.29, 1.82) is 0 Å². The highest BCUT2D eigenvalue weighted by Crippen LogP contribution is 2.10. The molecule has 15 heavy (non-hydrogen) atoms. The van der Waals surface area contributed by atoms with E-state index in [2.05, 4.69) is 17.2 Å². The summed E-state index contributed by atoms with van der Waals surface area (Å²) in [5.41, 5.74) is 0.954. The van der Waals surface area contributed by atoms with Gasteiger partial charge in [-0.2, -0.15) is 0 Å². The minimum absolute atomic E-state index is 0.324. The van der Waals surface area contributed by atoms with Crippen LogP contribution in [0.15, 0.2) is 34.2 Å². The highest BCUT2D eigenvalue weighted by molar-refractivity contribution is 7.90. The zero-order valence-electron chi connectivity index (χ0n) is 8.25. The lowest BCUT2D eigenvalue weighted by atomic mass is 10.2. The molecule has 0 radical (unpaired) electrons. The van der Waals surface area contributed by atoms with Gasteiger partial charge in [0.25, 0.3) is 0 Å². The molecule has 1 aromatic rings. The van der Waals surface area contributed by atoms with Crippen molar-refractivity contribution >= 4 is 33.6 Å². The Hall–Kier alpha value is -1.07. The summed E-state index contributed by atoms with van der Waals surface area (Å²) in [6, 6.07) is 6.66. The SMILES string of the molecule is CS(=O)(=O)c1ccc(CN=CC=S)cc1. The van der Waals surface area contributed by atoms with Crippen LogP contribution in [0.2, 0.25) is 0 Å². The smallest absolute Gasteiger partial charge is 0.175 e. The Morgan fingerprint density at radius 1 is 1.33 bits per heavy atom. The molecule has 0 aliphatic heterocycles. The maximum Gasteiger partial charge on any atom is 0.175 e. The second-order valence-electron chi connectivity index (χ2n) is 3.04. The molecule has 80 valence electrons. The van der Waals surface area contributed by atoms with Gasteiger partial charge < -0.3 is 0 Å². The van der Waals surface area contributed by atoms with Crippen LogP contribution in [0.3, 0.4) is 0 Å². The second kappa shape index (κ2) is 5.14. The first-order valence-electron chi connectivity index (χ1n) is 4.26. The van der Waals surface area contributed by atoms with Crippen LogP contribution in [-0.2, 0) is 16.4 Å². The van der Waals surface area contributed by atoms with Crippen LogP contribution in [-0.4, -0.2) is 26.3 Å². The van der Waals surface area contributed by atoms with Crippen molar-refractivity contribution in [1.82, 2.24) is 0 Å². The van der Waals surface area contributed by atoms with Gasteiger partial charge in [-0.15, -0.1) is 0 Å². The highest BCUT2D eigenvalue weighted by Gasteiger charge is 2.05. The third-order valence-corrected chi connectivity index (χ3v) is 3.04. The molecule has 0 saturated carbocycles. The third-order valence-electron chi connectivity index (χ3n) is 1.79. The van der Waals surface area contributed by atoms with Crippen molar-refractivity contribution in [3.8, 4) is 0 Å². The Morgan fingerprint density at radius 2 is 1.93 bits per heavy atom. The molecule has 0 amide bonds. The molecule has 1 rings (SSSR count). The molecule has 0 heterocycles. The van der Waals surface area contributed by atoms with E-state index in [1.165, 1.54) is 11.6 Å². The Balaban J connectivity index is 2.81. The van der Waals surface area contributed by atoms with E-state index in [0.29, 0.717) is 11.4 Å². The van der Waals surface area contributed by atoms with Crippen LogP contribution in [0.25, 0.3) is 0 Å². The van der Waals surface area contributed by atoms with E-state index in [1.807, 2.05) is 0 Å². The van der Waals surface area contributed by atoms with E-state index in [-0.39, 0.29) is 0 Å². The summed E-state index contributed by atoms with van der Waals surface area (Å²) >= 11 is 4.58. The van der Waals surface area contributed by atoms with E-state index in [4.69, 9.17) is 0 Å². The zero-order chi connectivity index (χ0) is 11.3. The minimum Gasteiger partial charge on any atom is -0.288 e. The monoisotopic (exact) mass is 241 g/mol. The average molecular weight is 241 g/mol. The van der Waals surface area contributed by atoms with E-state index in [0.717, 1.165) is 5.56 Å². The first-order valence-corrected chi connectivity index (χ1v) is 6.63. The highest BCUT2D eigenvalue weighted by atomic mass is 32.2. The molecule has 0 unspecified atom stereocenters. The predicted octanol–water partition coefficient (Wildman–Crippen LogP) is 1.66. The van der Waals surface area contributed by atoms with Gasteiger partial charge in [0, 0.05) is 17.8 Å². The lowest BCUT2D eigenvalue weighted by Gasteiger charge is -1.99. The Bertz CT molecular complexity index is 461. The quantitative estimate of drug-likeness (QED) is 0.595. The van der Waals surface area contributed by atoms with Crippen molar-refractivity contribution < 1.29 is 8.42 Å². The number of hydrogen-bond donors (Lipinski definition) is 0. The summed E-state index contributed by atoms with van der Waals surface area (Å²) in [4.78, 5) is 4.34. The van der Waals surface area contributed by atoms with E-state index in [1.54, 1.807) is 30.5 Å². The molecule has 0 spiro atoms. The van der Waals surface area contributed by atoms with Gasteiger partial charge in [0.1, 0.15) is 0 Å². The van der Waals surface area contributed by atoms with E-state index in [9.17, 15) is 8.42 Å². The fourth-order valence-corrected chi connectivity index (χ4v) is 1.76. The molecule has 0 aromatic heterocycles. The van der Waals surface area contributed by atoms with E-state index >= 15 is 0 Å². The molecule has 0 fully saturated rings. The normalized spacial score (nSPS) is 11.8. The molecule has 0 N–H and O–H groups in total. The summed E-state index contributed by atoms with van der Waals surface area (Å²) in [6.07, 6.45) is 2.73. The van der Waals surface area contributed by atoms with Crippen molar-refractivity contribution in [3.05, 3.63) is 29.8 Å². The molecule has 0 bridgehead atoms. The predicted molar refractivity (Wildman–Crippen MR) is 65.4 cm³/mol. The lowest BCUT2D eigenvalue weighted by Crippen LogP contribution is -1.96. The molecular weight excluding hydrogens is 230 g/mol. The average Bonchev–Trinajstić information content (AvgIpc) is 2.18. The molecule has 3 nitrogen and oxygen atoms in total. The van der Waals surface area contributed by atoms with Crippen molar-refractivity contribution in [3.63, 3.8) is 0 Å². The van der Waals surface area contributed by atoms with Crippen LogP contribution >= 0.6 is 12.2 Å². The fourth-order valence-electron chi connectivity index (χ4n) is 1.04. The van der Waals surface area contributed by atoms with Gasteiger partial charge in [0.05, 0.1) is 11.4 Å². The Kier molecular flexibility index (Phi) is 4.11. The van der Waals surface area contributed by atoms with Crippen LogP contribution < -0.4 is 0 Å². The van der Waals surface area contributed by atoms with E-state index < -0.39 is 9.84 Å². The standard InChI is InChI=1S/C10H11NO2S2/c1-15(12,13)10-4-2-9(3-5-10)8-11-6-7-14/h2-7H,8H2,1H3. The van der Waals surface area contributed by atoms with Crippen molar-refractivity contribution in [2.45, 2.75) is 11.4 Å². The number of thiocarbonyl (C=S) groups is 1. The summed E-state index contributed by atoms with van der Waals surface area (Å²) in [6.45, 7) is 0.511. The number of nitrogens with zero attached hydrogens (tertiary/aromatic N) is 1. The fraction of sp³-hybridized carbons (Fsp3) is 0.200. The summed E-state index contributed by atoms with van der Waals surface area (Å²) < 4.78 is 22.3. The number of sulfone groups is 1. The zero-order valence-corrected chi connectivity index (χ0v) is 9.88. The minimum atomic E-state index is -3.11. The number of hydrogen-bond acceptors (Lipinski definition) is 4. The van der Waals surface area contributed by atoms with Gasteiger partial charge in [-0.1, -0.05) is 24.4 Å². The van der Waals surface area contributed by atoms with Gasteiger partial charge in [0.15, 0.2) is 9.84 Å². The van der Waals surface area contributed by atoms with Crippen LogP contribution in [0.1, 0.15) is 5.56 Å². The van der Waals surface area contributed by atoms with Crippen LogP contribution in [0.4, 0.5) is 0 Å². The third kappa shape index (κ3) is 3.89. The largest absolute Gasteiger partial charge is 0.288 e. The maximum absolute atomic E-state index is 11.2. The summed E-state index contributed by atoms with van der Waals surface area (Å²) in [5, 5.41) is 1.44. The molecule has 0 atom stereocenters. The summed E-state index contributed by atoms with van der Waals surface area (Å²) in [7, 11) is -3.11. The van der Waals surface area contributed by atoms with Crippen molar-refractivity contribution in [2.75, 3.05) is 6.26 Å². The van der Waals surface area contributed by atoms with Gasteiger partial charge in [-0.3, -0.25) is 4.99 Å². The molecule has 0 saturated heterocycles. The first-order chi connectivity index (χ1) is 7.04. The molecular formula is C10H11NO2S2. The van der Waals surface area contributed by atoms with Gasteiger partial charge in [-0.25, -0.2) is 8.42 Å². The van der Waals surface area contributed by atoms with Gasteiger partial charge in [-0.05, 0) is 17.7 Å². The van der Waals surface area contributed by atoms with Crippen LogP contribution in [0, 0.1) is 0 Å².